The minimum Gasteiger partial charge on any atom is -0.303 e. The summed E-state index contributed by atoms with van der Waals surface area (Å²) in [5.74, 6) is 0.0725. The van der Waals surface area contributed by atoms with Gasteiger partial charge in [0.1, 0.15) is 0 Å². The molecule has 1 aliphatic heterocycles. The molecule has 1 aliphatic rings. The van der Waals surface area contributed by atoms with Crippen LogP contribution in [0.5, 0.6) is 0 Å². The Morgan fingerprint density at radius 2 is 2.19 bits per heavy atom. The van der Waals surface area contributed by atoms with Crippen molar-refractivity contribution >= 4 is 45.1 Å². The average Bonchev–Trinajstić information content (AvgIpc) is 2.95. The predicted molar refractivity (Wildman–Crippen MR) is 92.5 cm³/mol. The number of benzene rings is 1. The van der Waals surface area contributed by atoms with Crippen LogP contribution in [0.2, 0.25) is 0 Å². The smallest absolute Gasteiger partial charge is 0.227 e. The second-order valence-corrected chi connectivity index (χ2v) is 6.60. The van der Waals surface area contributed by atoms with E-state index in [-0.39, 0.29) is 18.3 Å². The maximum atomic E-state index is 11.8. The number of likely N-dealkylation sites (N-methyl/N-ethyl adjacent to an activating group) is 1. The number of hydrogen-bond donors (Lipinski definition) is 0. The highest BCUT2D eigenvalue weighted by Gasteiger charge is 2.23. The number of nitrogens with zero attached hydrogens (tertiary/aromatic N) is 2. The van der Waals surface area contributed by atoms with Gasteiger partial charge in [0.2, 0.25) is 5.91 Å². The quantitative estimate of drug-likeness (QED) is 0.793. The molecule has 0 N–H and O–H groups in total. The van der Waals surface area contributed by atoms with E-state index in [9.17, 15) is 4.79 Å². The molecule has 3 nitrogen and oxygen atoms in total. The van der Waals surface area contributed by atoms with Crippen LogP contribution in [0.15, 0.2) is 28.9 Å². The second-order valence-electron chi connectivity index (χ2n) is 5.69. The number of rotatable bonds is 2. The molecule has 1 aromatic carbocycles. The maximum absolute atomic E-state index is 11.8. The van der Waals surface area contributed by atoms with Crippen molar-refractivity contribution in [3.8, 4) is 0 Å². The minimum atomic E-state index is 0. The van der Waals surface area contributed by atoms with Crippen molar-refractivity contribution in [3.05, 3.63) is 34.4 Å². The number of hydrogen-bond acceptors (Lipinski definition) is 2. The molecular weight excluding hydrogens is 352 g/mol. The van der Waals surface area contributed by atoms with Gasteiger partial charge in [-0.05, 0) is 56.6 Å². The molecule has 0 bridgehead atoms. The van der Waals surface area contributed by atoms with Crippen molar-refractivity contribution in [1.82, 2.24) is 9.47 Å². The lowest BCUT2D eigenvalue weighted by Crippen LogP contribution is -2.26. The predicted octanol–water partition coefficient (Wildman–Crippen LogP) is 4.12. The summed E-state index contributed by atoms with van der Waals surface area (Å²) < 4.78 is 2.83. The van der Waals surface area contributed by atoms with Crippen LogP contribution in [0.25, 0.3) is 10.9 Å². The molecule has 1 atom stereocenters. The van der Waals surface area contributed by atoms with Gasteiger partial charge in [0, 0.05) is 29.0 Å². The summed E-state index contributed by atoms with van der Waals surface area (Å²) in [5, 5.41) is 1.19. The molecule has 0 saturated carbocycles. The molecule has 21 heavy (non-hydrogen) atoms. The SMILES string of the molecule is CC(=O)n1cc(C[C@H]2CCCN2C)c2cc(Br)ccc21.Cl. The van der Waals surface area contributed by atoms with Gasteiger partial charge >= 0.3 is 0 Å². The highest BCUT2D eigenvalue weighted by atomic mass is 79.9. The number of aromatic nitrogens is 1. The van der Waals surface area contributed by atoms with Gasteiger partial charge in [0.15, 0.2) is 0 Å². The zero-order valence-corrected chi connectivity index (χ0v) is 14.7. The summed E-state index contributed by atoms with van der Waals surface area (Å²) >= 11 is 3.53. The first-order valence-corrected chi connectivity index (χ1v) is 7.86. The van der Waals surface area contributed by atoms with Crippen LogP contribution in [-0.2, 0) is 6.42 Å². The van der Waals surface area contributed by atoms with Crippen molar-refractivity contribution < 1.29 is 4.79 Å². The van der Waals surface area contributed by atoms with Crippen molar-refractivity contribution in [2.75, 3.05) is 13.6 Å². The van der Waals surface area contributed by atoms with Gasteiger partial charge in [-0.3, -0.25) is 9.36 Å². The van der Waals surface area contributed by atoms with Gasteiger partial charge in [-0.1, -0.05) is 15.9 Å². The molecule has 0 radical (unpaired) electrons. The third-order valence-electron chi connectivity index (χ3n) is 4.32. The van der Waals surface area contributed by atoms with E-state index in [0.29, 0.717) is 6.04 Å². The largest absolute Gasteiger partial charge is 0.303 e. The van der Waals surface area contributed by atoms with Gasteiger partial charge in [-0.15, -0.1) is 12.4 Å². The van der Waals surface area contributed by atoms with Crippen molar-refractivity contribution in [2.24, 2.45) is 0 Å². The highest BCUT2D eigenvalue weighted by Crippen LogP contribution is 2.28. The number of halogens is 2. The Balaban J connectivity index is 0.00000161. The summed E-state index contributed by atoms with van der Waals surface area (Å²) in [5.41, 5.74) is 2.28. The summed E-state index contributed by atoms with van der Waals surface area (Å²) in [6, 6.07) is 6.73. The molecule has 5 heteroatoms. The Bertz CT molecular complexity index is 668. The van der Waals surface area contributed by atoms with E-state index < -0.39 is 0 Å². The van der Waals surface area contributed by atoms with E-state index in [4.69, 9.17) is 0 Å². The van der Waals surface area contributed by atoms with Gasteiger partial charge < -0.3 is 4.90 Å². The van der Waals surface area contributed by atoms with Crippen LogP contribution in [-0.4, -0.2) is 35.0 Å². The lowest BCUT2D eigenvalue weighted by Gasteiger charge is -2.18. The van der Waals surface area contributed by atoms with Gasteiger partial charge in [0.25, 0.3) is 0 Å². The average molecular weight is 372 g/mol. The lowest BCUT2D eigenvalue weighted by atomic mass is 10.0. The molecule has 114 valence electrons. The molecule has 0 amide bonds. The molecule has 0 aliphatic carbocycles. The number of carbonyl (C=O) groups excluding carboxylic acids is 1. The summed E-state index contributed by atoms with van der Waals surface area (Å²) in [4.78, 5) is 14.2. The Morgan fingerprint density at radius 3 is 2.81 bits per heavy atom. The van der Waals surface area contributed by atoms with Crippen LogP contribution in [0.3, 0.4) is 0 Å². The van der Waals surface area contributed by atoms with Crippen LogP contribution >= 0.6 is 28.3 Å². The fourth-order valence-electron chi connectivity index (χ4n) is 3.18. The fourth-order valence-corrected chi connectivity index (χ4v) is 3.55. The standard InChI is InChI=1S/C16H19BrN2O.ClH/c1-11(20)19-10-12(8-14-4-3-7-18(14)2)15-9-13(17)5-6-16(15)19;/h5-6,9-10,14H,3-4,7-8H2,1-2H3;1H/t14-;/m1./s1. The van der Waals surface area contributed by atoms with Crippen molar-refractivity contribution in [3.63, 3.8) is 0 Å². The monoisotopic (exact) mass is 370 g/mol. The fraction of sp³-hybridized carbons (Fsp3) is 0.438. The molecule has 0 unspecified atom stereocenters. The molecule has 3 rings (SSSR count). The molecule has 2 heterocycles. The Kier molecular flexibility index (Phi) is 5.12. The Morgan fingerprint density at radius 1 is 1.43 bits per heavy atom. The zero-order chi connectivity index (χ0) is 14.3. The Hall–Kier alpha value is -0.840. The first kappa shape index (κ1) is 16.5. The van der Waals surface area contributed by atoms with Gasteiger partial charge in [-0.25, -0.2) is 0 Å². The van der Waals surface area contributed by atoms with Crippen LogP contribution in [0.1, 0.15) is 30.1 Å². The number of likely N-dealkylation sites (tertiary alicyclic amines) is 1. The Labute approximate surface area is 139 Å². The van der Waals surface area contributed by atoms with E-state index in [1.165, 1.54) is 30.3 Å². The molecule has 1 fully saturated rings. The third kappa shape index (κ3) is 3.17. The van der Waals surface area contributed by atoms with E-state index in [1.807, 2.05) is 18.3 Å². The summed E-state index contributed by atoms with van der Waals surface area (Å²) in [7, 11) is 2.19. The molecule has 1 aromatic heterocycles. The minimum absolute atomic E-state index is 0. The second kappa shape index (κ2) is 6.51. The number of fused-ring (bicyclic) bond motifs is 1. The van der Waals surface area contributed by atoms with Crippen LogP contribution in [0.4, 0.5) is 0 Å². The van der Waals surface area contributed by atoms with E-state index in [0.717, 1.165) is 16.4 Å². The lowest BCUT2D eigenvalue weighted by molar-refractivity contribution is 0.0941. The summed E-state index contributed by atoms with van der Waals surface area (Å²) in [6.07, 6.45) is 5.56. The molecular formula is C16H20BrClN2O. The molecule has 0 spiro atoms. The molecule has 1 saturated heterocycles. The van der Waals surface area contributed by atoms with E-state index in [2.05, 4.69) is 33.9 Å². The van der Waals surface area contributed by atoms with Crippen molar-refractivity contribution in [2.45, 2.75) is 32.2 Å². The topological polar surface area (TPSA) is 25.2 Å². The van der Waals surface area contributed by atoms with Crippen LogP contribution < -0.4 is 0 Å². The third-order valence-corrected chi connectivity index (χ3v) is 4.81. The normalized spacial score (nSPS) is 18.9. The van der Waals surface area contributed by atoms with Gasteiger partial charge in [0.05, 0.1) is 5.52 Å². The first-order valence-electron chi connectivity index (χ1n) is 7.07. The van der Waals surface area contributed by atoms with Crippen molar-refractivity contribution in [1.29, 1.82) is 0 Å². The molecule has 2 aromatic rings. The summed E-state index contributed by atoms with van der Waals surface area (Å²) in [6.45, 7) is 2.80. The zero-order valence-electron chi connectivity index (χ0n) is 12.3. The highest BCUT2D eigenvalue weighted by molar-refractivity contribution is 9.10. The van der Waals surface area contributed by atoms with Crippen LogP contribution in [0, 0.1) is 0 Å². The van der Waals surface area contributed by atoms with E-state index in [1.54, 1.807) is 11.5 Å². The number of carbonyl (C=O) groups is 1. The first-order chi connectivity index (χ1) is 9.56. The van der Waals surface area contributed by atoms with Gasteiger partial charge in [-0.2, -0.15) is 0 Å². The maximum Gasteiger partial charge on any atom is 0.227 e. The van der Waals surface area contributed by atoms with E-state index >= 15 is 0 Å².